The number of carbonyl (C=O) groups excluding carboxylic acids is 1. The highest BCUT2D eigenvalue weighted by molar-refractivity contribution is 9.10. The van der Waals surface area contributed by atoms with Gasteiger partial charge in [-0.15, -0.1) is 0 Å². The van der Waals surface area contributed by atoms with Gasteiger partial charge in [0.1, 0.15) is 5.75 Å². The number of methoxy groups -OCH3 is 2. The fourth-order valence-corrected chi connectivity index (χ4v) is 2.57. The van der Waals surface area contributed by atoms with Crippen LogP contribution in [0.15, 0.2) is 46.9 Å². The summed E-state index contributed by atoms with van der Waals surface area (Å²) >= 11 is 3.37. The van der Waals surface area contributed by atoms with Gasteiger partial charge in [-0.3, -0.25) is 4.79 Å². The fraction of sp³-hybridized carbons (Fsp3) is 0.211. The van der Waals surface area contributed by atoms with E-state index >= 15 is 0 Å². The first-order valence-corrected chi connectivity index (χ1v) is 8.43. The van der Waals surface area contributed by atoms with E-state index in [-0.39, 0.29) is 12.5 Å². The van der Waals surface area contributed by atoms with Crippen LogP contribution in [0, 0.1) is 0 Å². The Bertz CT molecular complexity index is 774. The molecular formula is C19H20BrNO4. The standard InChI is InChI=1S/C19H20BrNO4/c1-4-5-13-6-8-17(18(10-13)24-3)25-12-19(22)21-15-11-14(20)7-9-16(15)23-2/h4-11H,12H2,1-3H3,(H,21,22). The molecule has 0 radical (unpaired) electrons. The van der Waals surface area contributed by atoms with Crippen molar-refractivity contribution in [3.63, 3.8) is 0 Å². The Balaban J connectivity index is 2.04. The van der Waals surface area contributed by atoms with Crippen LogP contribution in [-0.4, -0.2) is 26.7 Å². The van der Waals surface area contributed by atoms with Crippen LogP contribution < -0.4 is 19.5 Å². The molecule has 0 heterocycles. The zero-order valence-electron chi connectivity index (χ0n) is 14.3. The van der Waals surface area contributed by atoms with Crippen molar-refractivity contribution in [2.75, 3.05) is 26.1 Å². The number of hydrogen-bond donors (Lipinski definition) is 1. The van der Waals surface area contributed by atoms with Gasteiger partial charge in [0.2, 0.25) is 0 Å². The lowest BCUT2D eigenvalue weighted by molar-refractivity contribution is -0.118. The summed E-state index contributed by atoms with van der Waals surface area (Å²) in [5, 5.41) is 2.77. The maximum Gasteiger partial charge on any atom is 0.262 e. The van der Waals surface area contributed by atoms with Gasteiger partial charge < -0.3 is 19.5 Å². The van der Waals surface area contributed by atoms with Crippen molar-refractivity contribution in [2.24, 2.45) is 0 Å². The molecule has 0 aromatic heterocycles. The largest absolute Gasteiger partial charge is 0.495 e. The lowest BCUT2D eigenvalue weighted by atomic mass is 10.2. The summed E-state index contributed by atoms with van der Waals surface area (Å²) in [5.41, 5.74) is 1.57. The average molecular weight is 406 g/mol. The lowest BCUT2D eigenvalue weighted by Crippen LogP contribution is -2.20. The van der Waals surface area contributed by atoms with E-state index in [4.69, 9.17) is 14.2 Å². The fourth-order valence-electron chi connectivity index (χ4n) is 2.21. The molecule has 0 unspecified atom stereocenters. The van der Waals surface area contributed by atoms with Crippen LogP contribution in [0.2, 0.25) is 0 Å². The van der Waals surface area contributed by atoms with Crippen LogP contribution in [0.3, 0.4) is 0 Å². The molecule has 2 aromatic carbocycles. The van der Waals surface area contributed by atoms with Gasteiger partial charge in [-0.1, -0.05) is 34.1 Å². The van der Waals surface area contributed by atoms with E-state index in [9.17, 15) is 4.79 Å². The molecule has 2 rings (SSSR count). The van der Waals surface area contributed by atoms with Gasteiger partial charge in [-0.05, 0) is 42.8 Å². The number of hydrogen-bond acceptors (Lipinski definition) is 4. The van der Waals surface area contributed by atoms with Crippen LogP contribution in [-0.2, 0) is 4.79 Å². The van der Waals surface area contributed by atoms with Crippen molar-refractivity contribution in [2.45, 2.75) is 6.92 Å². The van der Waals surface area contributed by atoms with Gasteiger partial charge >= 0.3 is 0 Å². The predicted molar refractivity (Wildman–Crippen MR) is 103 cm³/mol. The summed E-state index contributed by atoms with van der Waals surface area (Å²) in [5.74, 6) is 1.36. The SMILES string of the molecule is CC=Cc1ccc(OCC(=O)Nc2cc(Br)ccc2OC)c(OC)c1. The predicted octanol–water partition coefficient (Wildman–Crippen LogP) is 4.52. The molecule has 0 saturated heterocycles. The van der Waals surface area contributed by atoms with Crippen molar-refractivity contribution in [1.82, 2.24) is 0 Å². The highest BCUT2D eigenvalue weighted by atomic mass is 79.9. The van der Waals surface area contributed by atoms with E-state index in [0.29, 0.717) is 22.9 Å². The van der Waals surface area contributed by atoms with Gasteiger partial charge in [-0.2, -0.15) is 0 Å². The third-order valence-electron chi connectivity index (χ3n) is 3.34. The highest BCUT2D eigenvalue weighted by Crippen LogP contribution is 2.30. The minimum Gasteiger partial charge on any atom is -0.495 e. The Morgan fingerprint density at radius 1 is 1.08 bits per heavy atom. The smallest absolute Gasteiger partial charge is 0.262 e. The van der Waals surface area contributed by atoms with Gasteiger partial charge in [0.05, 0.1) is 19.9 Å². The second kappa shape index (κ2) is 9.13. The maximum absolute atomic E-state index is 12.2. The molecule has 0 aliphatic rings. The van der Waals surface area contributed by atoms with Gasteiger partial charge in [-0.25, -0.2) is 0 Å². The zero-order chi connectivity index (χ0) is 18.2. The van der Waals surface area contributed by atoms with Crippen LogP contribution in [0.5, 0.6) is 17.2 Å². The molecule has 0 spiro atoms. The number of carbonyl (C=O) groups is 1. The number of allylic oxidation sites excluding steroid dienone is 1. The van der Waals surface area contributed by atoms with Gasteiger partial charge in [0.25, 0.3) is 5.91 Å². The summed E-state index contributed by atoms with van der Waals surface area (Å²) in [7, 11) is 3.11. The van der Waals surface area contributed by atoms with E-state index < -0.39 is 0 Å². The van der Waals surface area contributed by atoms with Gasteiger partial charge in [0.15, 0.2) is 18.1 Å². The van der Waals surface area contributed by atoms with Crippen molar-refractivity contribution in [1.29, 1.82) is 0 Å². The molecule has 1 N–H and O–H groups in total. The van der Waals surface area contributed by atoms with Crippen molar-refractivity contribution < 1.29 is 19.0 Å². The molecule has 132 valence electrons. The second-order valence-electron chi connectivity index (χ2n) is 5.09. The normalized spacial score (nSPS) is 10.6. The first-order valence-electron chi connectivity index (χ1n) is 7.64. The highest BCUT2D eigenvalue weighted by Gasteiger charge is 2.11. The van der Waals surface area contributed by atoms with E-state index in [1.54, 1.807) is 32.4 Å². The number of rotatable bonds is 7. The van der Waals surface area contributed by atoms with E-state index in [1.165, 1.54) is 0 Å². The number of amides is 1. The Morgan fingerprint density at radius 2 is 1.80 bits per heavy atom. The molecule has 6 heteroatoms. The minimum atomic E-state index is -0.295. The van der Waals surface area contributed by atoms with Crippen LogP contribution in [0.4, 0.5) is 5.69 Å². The number of benzene rings is 2. The molecule has 25 heavy (non-hydrogen) atoms. The Hall–Kier alpha value is -2.47. The van der Waals surface area contributed by atoms with Crippen LogP contribution in [0.1, 0.15) is 12.5 Å². The minimum absolute atomic E-state index is 0.144. The van der Waals surface area contributed by atoms with E-state index in [2.05, 4.69) is 21.2 Å². The van der Waals surface area contributed by atoms with E-state index in [0.717, 1.165) is 10.0 Å². The number of ether oxygens (including phenoxy) is 3. The third kappa shape index (κ3) is 5.26. The molecule has 0 saturated carbocycles. The Morgan fingerprint density at radius 3 is 2.48 bits per heavy atom. The van der Waals surface area contributed by atoms with Crippen molar-refractivity contribution >= 4 is 33.6 Å². The summed E-state index contributed by atoms with van der Waals surface area (Å²) in [6.07, 6.45) is 3.90. The monoisotopic (exact) mass is 405 g/mol. The molecule has 2 aromatic rings. The third-order valence-corrected chi connectivity index (χ3v) is 3.83. The van der Waals surface area contributed by atoms with Crippen molar-refractivity contribution in [3.8, 4) is 17.2 Å². The van der Waals surface area contributed by atoms with Crippen molar-refractivity contribution in [3.05, 3.63) is 52.5 Å². The lowest BCUT2D eigenvalue weighted by Gasteiger charge is -2.13. The van der Waals surface area contributed by atoms with E-state index in [1.807, 2.05) is 37.3 Å². The van der Waals surface area contributed by atoms with Gasteiger partial charge in [0, 0.05) is 4.47 Å². The molecule has 0 bridgehead atoms. The second-order valence-corrected chi connectivity index (χ2v) is 6.01. The summed E-state index contributed by atoms with van der Waals surface area (Å²) in [6.45, 7) is 1.80. The molecule has 0 fully saturated rings. The summed E-state index contributed by atoms with van der Waals surface area (Å²) in [6, 6.07) is 10.9. The molecule has 1 amide bonds. The summed E-state index contributed by atoms with van der Waals surface area (Å²) in [4.78, 5) is 12.2. The zero-order valence-corrected chi connectivity index (χ0v) is 15.9. The maximum atomic E-state index is 12.2. The molecule has 5 nitrogen and oxygen atoms in total. The number of anilines is 1. The Kier molecular flexibility index (Phi) is 6.89. The number of nitrogens with one attached hydrogen (secondary N) is 1. The first kappa shape index (κ1) is 18.9. The Labute approximate surface area is 155 Å². The quantitative estimate of drug-likeness (QED) is 0.735. The molecule has 0 aliphatic carbocycles. The summed E-state index contributed by atoms with van der Waals surface area (Å²) < 4.78 is 17.0. The molecule has 0 atom stereocenters. The first-order chi connectivity index (χ1) is 12.1. The number of halogens is 1. The average Bonchev–Trinajstić information content (AvgIpc) is 2.61. The van der Waals surface area contributed by atoms with Crippen LogP contribution in [0.25, 0.3) is 6.08 Å². The molecular weight excluding hydrogens is 386 g/mol. The molecule has 0 aliphatic heterocycles. The topological polar surface area (TPSA) is 56.8 Å². The van der Waals surface area contributed by atoms with Crippen LogP contribution >= 0.6 is 15.9 Å².